The maximum atomic E-state index is 5.69. The lowest BCUT2D eigenvalue weighted by atomic mass is 10.0. The average Bonchev–Trinajstić information content (AvgIpc) is 2.55. The van der Waals surface area contributed by atoms with Gasteiger partial charge in [-0.3, -0.25) is 0 Å². The predicted molar refractivity (Wildman–Crippen MR) is 57.3 cm³/mol. The van der Waals surface area contributed by atoms with Gasteiger partial charge in [-0.2, -0.15) is 0 Å². The van der Waals surface area contributed by atoms with E-state index < -0.39 is 0 Å². The van der Waals surface area contributed by atoms with E-state index in [1.807, 2.05) is 6.92 Å². The van der Waals surface area contributed by atoms with E-state index in [4.69, 9.17) is 10.2 Å². The molecule has 0 saturated heterocycles. The van der Waals surface area contributed by atoms with Crippen LogP contribution in [0.1, 0.15) is 69.2 Å². The zero-order valence-electron chi connectivity index (χ0n) is 9.28. The van der Waals surface area contributed by atoms with E-state index in [2.05, 4.69) is 10.2 Å². The van der Waals surface area contributed by atoms with Crippen molar-refractivity contribution in [3.63, 3.8) is 0 Å². The van der Waals surface area contributed by atoms with E-state index in [0.29, 0.717) is 11.8 Å². The second-order valence-electron chi connectivity index (χ2n) is 4.46. The van der Waals surface area contributed by atoms with Crippen LogP contribution in [0.2, 0.25) is 0 Å². The molecule has 0 radical (unpaired) electrons. The molecule has 1 unspecified atom stereocenters. The molecule has 2 rings (SSSR count). The Morgan fingerprint density at radius 1 is 1.20 bits per heavy atom. The normalized spacial score (nSPS) is 21.2. The minimum absolute atomic E-state index is 0.156. The van der Waals surface area contributed by atoms with Crippen molar-refractivity contribution in [3.8, 4) is 0 Å². The van der Waals surface area contributed by atoms with Crippen molar-refractivity contribution in [3.05, 3.63) is 11.8 Å². The molecule has 84 valence electrons. The Bertz CT molecular complexity index is 301. The number of nitrogens with zero attached hydrogens (tertiary/aromatic N) is 2. The molecule has 1 aliphatic carbocycles. The summed E-state index contributed by atoms with van der Waals surface area (Å²) in [5.74, 6) is 1.82. The molecule has 4 nitrogen and oxygen atoms in total. The Labute approximate surface area is 90.3 Å². The summed E-state index contributed by atoms with van der Waals surface area (Å²) in [6.07, 6.45) is 7.60. The summed E-state index contributed by atoms with van der Waals surface area (Å²) in [6, 6.07) is -0.156. The van der Waals surface area contributed by atoms with Crippen molar-refractivity contribution in [1.82, 2.24) is 10.2 Å². The van der Waals surface area contributed by atoms with Crippen LogP contribution in [-0.2, 0) is 0 Å². The summed E-state index contributed by atoms with van der Waals surface area (Å²) < 4.78 is 5.59. The summed E-state index contributed by atoms with van der Waals surface area (Å²) in [6.45, 7) is 1.87. The lowest BCUT2D eigenvalue weighted by molar-refractivity contribution is 0.382. The molecular weight excluding hydrogens is 190 g/mol. The van der Waals surface area contributed by atoms with Gasteiger partial charge in [0.1, 0.15) is 0 Å². The summed E-state index contributed by atoms with van der Waals surface area (Å²) in [4.78, 5) is 0. The van der Waals surface area contributed by atoms with Gasteiger partial charge in [-0.1, -0.05) is 25.7 Å². The van der Waals surface area contributed by atoms with E-state index in [1.165, 1.54) is 38.5 Å². The van der Waals surface area contributed by atoms with Crippen molar-refractivity contribution in [2.45, 2.75) is 57.4 Å². The van der Waals surface area contributed by atoms with Gasteiger partial charge in [0.05, 0.1) is 6.04 Å². The quantitative estimate of drug-likeness (QED) is 0.760. The van der Waals surface area contributed by atoms with Gasteiger partial charge in [-0.15, -0.1) is 10.2 Å². The number of rotatable bonds is 2. The number of nitrogens with two attached hydrogens (primary N) is 1. The smallest absolute Gasteiger partial charge is 0.232 e. The van der Waals surface area contributed by atoms with E-state index in [9.17, 15) is 0 Å². The topological polar surface area (TPSA) is 64.9 Å². The van der Waals surface area contributed by atoms with Gasteiger partial charge in [-0.05, 0) is 19.8 Å². The summed E-state index contributed by atoms with van der Waals surface area (Å²) in [5, 5.41) is 8.09. The second kappa shape index (κ2) is 4.75. The highest BCUT2D eigenvalue weighted by molar-refractivity contribution is 4.94. The molecule has 15 heavy (non-hydrogen) atoms. The van der Waals surface area contributed by atoms with Crippen molar-refractivity contribution in [2.75, 3.05) is 0 Å². The van der Waals surface area contributed by atoms with Crippen LogP contribution in [0, 0.1) is 0 Å². The maximum absolute atomic E-state index is 5.69. The van der Waals surface area contributed by atoms with Gasteiger partial charge in [0.25, 0.3) is 0 Å². The molecule has 0 amide bonds. The highest BCUT2D eigenvalue weighted by atomic mass is 16.4. The molecule has 2 N–H and O–H groups in total. The van der Waals surface area contributed by atoms with Crippen LogP contribution in [0.4, 0.5) is 0 Å². The molecule has 0 aliphatic heterocycles. The third-order valence-corrected chi connectivity index (χ3v) is 3.05. The van der Waals surface area contributed by atoms with Crippen LogP contribution in [-0.4, -0.2) is 10.2 Å². The first-order valence-corrected chi connectivity index (χ1v) is 5.86. The maximum Gasteiger partial charge on any atom is 0.232 e. The molecule has 1 saturated carbocycles. The Balaban J connectivity index is 2.06. The van der Waals surface area contributed by atoms with Crippen LogP contribution >= 0.6 is 0 Å². The molecule has 1 aromatic heterocycles. The zero-order valence-corrected chi connectivity index (χ0v) is 9.28. The summed E-state index contributed by atoms with van der Waals surface area (Å²) in [7, 11) is 0. The first-order chi connectivity index (χ1) is 7.27. The fourth-order valence-electron chi connectivity index (χ4n) is 2.12. The van der Waals surface area contributed by atoms with Gasteiger partial charge >= 0.3 is 0 Å². The minimum atomic E-state index is -0.156. The van der Waals surface area contributed by atoms with Crippen molar-refractivity contribution >= 4 is 0 Å². The molecule has 1 fully saturated rings. The van der Waals surface area contributed by atoms with Crippen LogP contribution in [0.25, 0.3) is 0 Å². The first-order valence-electron chi connectivity index (χ1n) is 5.86. The number of hydrogen-bond acceptors (Lipinski definition) is 4. The van der Waals surface area contributed by atoms with Crippen LogP contribution < -0.4 is 5.73 Å². The largest absolute Gasteiger partial charge is 0.423 e. The zero-order chi connectivity index (χ0) is 10.7. The highest BCUT2D eigenvalue weighted by Gasteiger charge is 2.20. The monoisotopic (exact) mass is 209 g/mol. The molecular formula is C11H19N3O. The van der Waals surface area contributed by atoms with Crippen molar-refractivity contribution < 1.29 is 4.42 Å². The molecule has 0 aromatic carbocycles. The minimum Gasteiger partial charge on any atom is -0.423 e. The fraction of sp³-hybridized carbons (Fsp3) is 0.818. The van der Waals surface area contributed by atoms with Gasteiger partial charge in [-0.25, -0.2) is 0 Å². The third-order valence-electron chi connectivity index (χ3n) is 3.05. The molecule has 1 atom stereocenters. The van der Waals surface area contributed by atoms with E-state index in [-0.39, 0.29) is 6.04 Å². The first kappa shape index (κ1) is 10.6. The second-order valence-corrected chi connectivity index (χ2v) is 4.46. The molecule has 0 bridgehead atoms. The van der Waals surface area contributed by atoms with Gasteiger partial charge in [0.2, 0.25) is 11.8 Å². The van der Waals surface area contributed by atoms with Gasteiger partial charge < -0.3 is 10.2 Å². The SMILES string of the molecule is CC(N)c1nnc(C2CCCCCC2)o1. The summed E-state index contributed by atoms with van der Waals surface area (Å²) >= 11 is 0. The molecule has 4 heteroatoms. The third kappa shape index (κ3) is 2.56. The molecule has 1 aromatic rings. The standard InChI is InChI=1S/C11H19N3O/c1-8(12)10-13-14-11(15-10)9-6-4-2-3-5-7-9/h8-9H,2-7,12H2,1H3. The predicted octanol–water partition coefficient (Wildman–Crippen LogP) is 2.53. The lowest BCUT2D eigenvalue weighted by Gasteiger charge is -2.07. The van der Waals surface area contributed by atoms with E-state index in [1.54, 1.807) is 0 Å². The Kier molecular flexibility index (Phi) is 3.36. The van der Waals surface area contributed by atoms with Crippen LogP contribution in [0.15, 0.2) is 4.42 Å². The number of hydrogen-bond donors (Lipinski definition) is 1. The van der Waals surface area contributed by atoms with E-state index in [0.717, 1.165) is 5.89 Å². The van der Waals surface area contributed by atoms with Crippen LogP contribution in [0.5, 0.6) is 0 Å². The highest BCUT2D eigenvalue weighted by Crippen LogP contribution is 2.31. The van der Waals surface area contributed by atoms with Crippen LogP contribution in [0.3, 0.4) is 0 Å². The van der Waals surface area contributed by atoms with Gasteiger partial charge in [0, 0.05) is 5.92 Å². The fourth-order valence-corrected chi connectivity index (χ4v) is 2.12. The average molecular weight is 209 g/mol. The van der Waals surface area contributed by atoms with Crippen molar-refractivity contribution in [2.24, 2.45) is 5.73 Å². The summed E-state index contributed by atoms with van der Waals surface area (Å²) in [5.41, 5.74) is 5.69. The Morgan fingerprint density at radius 3 is 2.40 bits per heavy atom. The van der Waals surface area contributed by atoms with Crippen molar-refractivity contribution in [1.29, 1.82) is 0 Å². The Morgan fingerprint density at radius 2 is 1.87 bits per heavy atom. The Hall–Kier alpha value is -0.900. The number of aromatic nitrogens is 2. The van der Waals surface area contributed by atoms with E-state index >= 15 is 0 Å². The molecule has 1 heterocycles. The molecule has 0 spiro atoms. The van der Waals surface area contributed by atoms with Gasteiger partial charge in [0.15, 0.2) is 0 Å². The lowest BCUT2D eigenvalue weighted by Crippen LogP contribution is -2.04. The molecule has 1 aliphatic rings.